The van der Waals surface area contributed by atoms with Crippen LogP contribution in [0.15, 0.2) is 152 Å². The monoisotopic (exact) mass is 551 g/mol. The van der Waals surface area contributed by atoms with Crippen LogP contribution in [-0.4, -0.2) is 14.5 Å². The summed E-state index contributed by atoms with van der Waals surface area (Å²) in [5.74, 6) is 0.666. The maximum atomic E-state index is 5.20. The zero-order chi connectivity index (χ0) is 28.6. The summed E-state index contributed by atoms with van der Waals surface area (Å²) in [5, 5.41) is 2.39. The van der Waals surface area contributed by atoms with Crippen molar-refractivity contribution in [2.45, 2.75) is 12.8 Å². The number of benzene rings is 5. The third kappa shape index (κ3) is 4.65. The SMILES string of the molecule is C1=CC(c2ccc(-c3cc(-c4ccc(-c5ccccc5)cc4)nc(-n4c5ccccc5c5ccccc54)n3)cc2)=CCC1. The minimum atomic E-state index is 0.666. The second-order valence-corrected chi connectivity index (χ2v) is 11.0. The first-order valence-corrected chi connectivity index (χ1v) is 14.8. The van der Waals surface area contributed by atoms with E-state index < -0.39 is 0 Å². The molecule has 0 atom stereocenters. The van der Waals surface area contributed by atoms with E-state index in [1.807, 2.05) is 6.07 Å². The van der Waals surface area contributed by atoms with Gasteiger partial charge in [-0.3, -0.25) is 4.57 Å². The predicted molar refractivity (Wildman–Crippen MR) is 179 cm³/mol. The number of fused-ring (bicyclic) bond motifs is 3. The van der Waals surface area contributed by atoms with Crippen LogP contribution in [0.25, 0.3) is 67.0 Å². The van der Waals surface area contributed by atoms with Gasteiger partial charge in [0.2, 0.25) is 5.95 Å². The molecule has 7 aromatic rings. The Kier molecular flexibility index (Phi) is 6.27. The maximum absolute atomic E-state index is 5.20. The van der Waals surface area contributed by atoms with Crippen molar-refractivity contribution in [2.75, 3.05) is 0 Å². The highest BCUT2D eigenvalue weighted by molar-refractivity contribution is 6.09. The van der Waals surface area contributed by atoms with Crippen molar-refractivity contribution in [1.29, 1.82) is 0 Å². The smallest absolute Gasteiger partial charge is 0.235 e. The molecule has 0 saturated carbocycles. The molecule has 3 heteroatoms. The lowest BCUT2D eigenvalue weighted by Gasteiger charge is -2.13. The van der Waals surface area contributed by atoms with E-state index in [9.17, 15) is 0 Å². The van der Waals surface area contributed by atoms with Crippen molar-refractivity contribution >= 4 is 27.4 Å². The van der Waals surface area contributed by atoms with E-state index >= 15 is 0 Å². The van der Waals surface area contributed by atoms with Crippen LogP contribution >= 0.6 is 0 Å². The lowest BCUT2D eigenvalue weighted by atomic mass is 9.98. The molecule has 1 aliphatic carbocycles. The normalized spacial score (nSPS) is 13.0. The summed E-state index contributed by atoms with van der Waals surface area (Å²) in [4.78, 5) is 10.4. The molecular weight excluding hydrogens is 522 g/mol. The topological polar surface area (TPSA) is 30.7 Å². The molecule has 8 rings (SSSR count). The van der Waals surface area contributed by atoms with Gasteiger partial charge in [0.15, 0.2) is 0 Å². The molecule has 0 radical (unpaired) electrons. The van der Waals surface area contributed by atoms with E-state index in [-0.39, 0.29) is 0 Å². The van der Waals surface area contributed by atoms with E-state index in [1.165, 1.54) is 33.0 Å². The minimum absolute atomic E-state index is 0.666. The lowest BCUT2D eigenvalue weighted by molar-refractivity contribution is 0.995. The van der Waals surface area contributed by atoms with Gasteiger partial charge in [-0.2, -0.15) is 0 Å². The van der Waals surface area contributed by atoms with Crippen LogP contribution in [0.3, 0.4) is 0 Å². The largest absolute Gasteiger partial charge is 0.278 e. The van der Waals surface area contributed by atoms with Gasteiger partial charge in [0.25, 0.3) is 0 Å². The van der Waals surface area contributed by atoms with Crippen molar-refractivity contribution in [1.82, 2.24) is 14.5 Å². The van der Waals surface area contributed by atoms with Crippen LogP contribution in [0.2, 0.25) is 0 Å². The Balaban J connectivity index is 1.30. The number of hydrogen-bond acceptors (Lipinski definition) is 2. The number of nitrogens with zero attached hydrogens (tertiary/aromatic N) is 3. The molecule has 0 N–H and O–H groups in total. The van der Waals surface area contributed by atoms with Gasteiger partial charge in [-0.15, -0.1) is 0 Å². The van der Waals surface area contributed by atoms with Crippen molar-refractivity contribution in [3.63, 3.8) is 0 Å². The second-order valence-electron chi connectivity index (χ2n) is 11.0. The molecule has 0 saturated heterocycles. The van der Waals surface area contributed by atoms with Crippen molar-refractivity contribution in [2.24, 2.45) is 0 Å². The molecule has 5 aromatic carbocycles. The maximum Gasteiger partial charge on any atom is 0.235 e. The molecule has 2 heterocycles. The van der Waals surface area contributed by atoms with Gasteiger partial charge in [-0.25, -0.2) is 9.97 Å². The minimum Gasteiger partial charge on any atom is -0.278 e. The van der Waals surface area contributed by atoms with Crippen molar-refractivity contribution < 1.29 is 0 Å². The third-order valence-corrected chi connectivity index (χ3v) is 8.29. The van der Waals surface area contributed by atoms with Crippen LogP contribution in [0.5, 0.6) is 0 Å². The quantitative estimate of drug-likeness (QED) is 0.213. The summed E-state index contributed by atoms with van der Waals surface area (Å²) < 4.78 is 2.20. The highest BCUT2D eigenvalue weighted by Gasteiger charge is 2.17. The lowest BCUT2D eigenvalue weighted by Crippen LogP contribution is -2.04. The number of aromatic nitrogens is 3. The van der Waals surface area contributed by atoms with Gasteiger partial charge < -0.3 is 0 Å². The Bertz CT molecular complexity index is 2100. The first kappa shape index (κ1) is 25.2. The molecule has 0 spiro atoms. The van der Waals surface area contributed by atoms with Gasteiger partial charge in [0.1, 0.15) is 0 Å². The average molecular weight is 552 g/mol. The van der Waals surface area contributed by atoms with E-state index in [2.05, 4.69) is 150 Å². The summed E-state index contributed by atoms with van der Waals surface area (Å²) >= 11 is 0. The Morgan fingerprint density at radius 1 is 0.465 bits per heavy atom. The molecule has 0 aliphatic heterocycles. The van der Waals surface area contributed by atoms with Crippen LogP contribution in [-0.2, 0) is 0 Å². The number of allylic oxidation sites excluding steroid dienone is 4. The number of para-hydroxylation sites is 2. The van der Waals surface area contributed by atoms with Crippen LogP contribution in [0, 0.1) is 0 Å². The Labute approximate surface area is 251 Å². The summed E-state index contributed by atoms with van der Waals surface area (Å²) in [7, 11) is 0. The zero-order valence-corrected chi connectivity index (χ0v) is 23.7. The molecule has 43 heavy (non-hydrogen) atoms. The van der Waals surface area contributed by atoms with Gasteiger partial charge in [-0.1, -0.05) is 133 Å². The molecule has 0 fully saturated rings. The van der Waals surface area contributed by atoms with Gasteiger partial charge >= 0.3 is 0 Å². The van der Waals surface area contributed by atoms with E-state index in [4.69, 9.17) is 9.97 Å². The standard InChI is InChI=1S/C40H29N3/c1-3-11-28(12-4-1)30-19-23-32(24-20-30)36-27-37(33-25-21-31(22-26-33)29-13-5-2-6-14-29)42-40(41-36)43-38-17-9-7-15-34(38)35-16-8-10-18-39(35)43/h1,3-5,7-27H,2,6H2. The average Bonchev–Trinajstić information content (AvgIpc) is 3.43. The molecule has 0 amide bonds. The molecule has 2 aromatic heterocycles. The van der Waals surface area contributed by atoms with Crippen LogP contribution in [0.4, 0.5) is 0 Å². The molecular formula is C40H29N3. The number of rotatable bonds is 5. The second kappa shape index (κ2) is 10.7. The van der Waals surface area contributed by atoms with Gasteiger partial charge in [-0.05, 0) is 53.3 Å². The molecule has 1 aliphatic rings. The first-order valence-electron chi connectivity index (χ1n) is 14.8. The highest BCUT2D eigenvalue weighted by atomic mass is 15.2. The Hall–Kier alpha value is -5.54. The fourth-order valence-electron chi connectivity index (χ4n) is 6.09. The first-order chi connectivity index (χ1) is 21.3. The summed E-state index contributed by atoms with van der Waals surface area (Å²) in [6.07, 6.45) is 9.00. The van der Waals surface area contributed by atoms with Gasteiger partial charge in [0.05, 0.1) is 22.4 Å². The molecule has 0 bridgehead atoms. The van der Waals surface area contributed by atoms with Crippen molar-refractivity contribution in [3.05, 3.63) is 157 Å². The van der Waals surface area contributed by atoms with Gasteiger partial charge in [0, 0.05) is 21.9 Å². The highest BCUT2D eigenvalue weighted by Crippen LogP contribution is 2.34. The molecule has 3 nitrogen and oxygen atoms in total. The van der Waals surface area contributed by atoms with E-state index in [0.717, 1.165) is 46.4 Å². The number of hydrogen-bond donors (Lipinski definition) is 0. The Morgan fingerprint density at radius 2 is 0.977 bits per heavy atom. The van der Waals surface area contributed by atoms with Crippen LogP contribution < -0.4 is 0 Å². The fourth-order valence-corrected chi connectivity index (χ4v) is 6.09. The summed E-state index contributed by atoms with van der Waals surface area (Å²) in [6, 6.07) is 47.0. The zero-order valence-electron chi connectivity index (χ0n) is 23.7. The molecule has 204 valence electrons. The predicted octanol–water partition coefficient (Wildman–Crippen LogP) is 10.3. The van der Waals surface area contributed by atoms with E-state index in [1.54, 1.807) is 0 Å². The van der Waals surface area contributed by atoms with Crippen molar-refractivity contribution in [3.8, 4) is 39.6 Å². The fraction of sp³-hybridized carbons (Fsp3) is 0.0500. The summed E-state index contributed by atoms with van der Waals surface area (Å²) in [6.45, 7) is 0. The van der Waals surface area contributed by atoms with E-state index in [0.29, 0.717) is 5.95 Å². The summed E-state index contributed by atoms with van der Waals surface area (Å²) in [5.41, 5.74) is 11.0. The molecule has 0 unspecified atom stereocenters. The Morgan fingerprint density at radius 3 is 1.56 bits per heavy atom. The van der Waals surface area contributed by atoms with Crippen LogP contribution in [0.1, 0.15) is 18.4 Å². The third-order valence-electron chi connectivity index (χ3n) is 8.29.